The largest absolute Gasteiger partial charge is 0.391 e. The van der Waals surface area contributed by atoms with Crippen LogP contribution in [0, 0.1) is 16.2 Å². The monoisotopic (exact) mass is 152 g/mol. The second kappa shape index (κ2) is 3.12. The summed E-state index contributed by atoms with van der Waals surface area (Å²) in [6.07, 6.45) is 0. The Morgan fingerprint density at radius 2 is 2.45 bits per heavy atom. The van der Waals surface area contributed by atoms with Gasteiger partial charge in [-0.05, 0) is 18.2 Å². The van der Waals surface area contributed by atoms with Crippen molar-refractivity contribution in [2.45, 2.75) is 6.61 Å². The molecule has 1 rings (SSSR count). The van der Waals surface area contributed by atoms with E-state index in [1.165, 1.54) is 18.2 Å². The number of hydrogen-bond acceptors (Lipinski definition) is 3. The van der Waals surface area contributed by atoms with Gasteiger partial charge in [0.1, 0.15) is 0 Å². The third kappa shape index (κ3) is 1.53. The van der Waals surface area contributed by atoms with Crippen molar-refractivity contribution in [2.75, 3.05) is 0 Å². The second-order valence-corrected chi connectivity index (χ2v) is 1.97. The van der Waals surface area contributed by atoms with E-state index in [4.69, 9.17) is 5.11 Å². The molecule has 1 radical (unpaired) electrons. The van der Waals surface area contributed by atoms with Gasteiger partial charge in [0, 0.05) is 6.07 Å². The molecule has 11 heavy (non-hydrogen) atoms. The number of nitro groups is 1. The standard InChI is InChI=1S/C7H6NO3/c9-5-6-3-1-2-4-7(6)8(10)11/h2-4,9H,5H2. The molecule has 1 N–H and O–H groups in total. The Morgan fingerprint density at radius 3 is 2.91 bits per heavy atom. The van der Waals surface area contributed by atoms with Gasteiger partial charge in [-0.25, -0.2) is 0 Å². The van der Waals surface area contributed by atoms with Crippen molar-refractivity contribution >= 4 is 5.69 Å². The molecule has 1 aromatic carbocycles. The normalized spacial score (nSPS) is 9.55. The number of rotatable bonds is 2. The van der Waals surface area contributed by atoms with E-state index in [1.54, 1.807) is 0 Å². The second-order valence-electron chi connectivity index (χ2n) is 1.97. The van der Waals surface area contributed by atoms with Crippen molar-refractivity contribution in [1.82, 2.24) is 0 Å². The lowest BCUT2D eigenvalue weighted by Crippen LogP contribution is -1.94. The molecule has 0 bridgehead atoms. The van der Waals surface area contributed by atoms with Gasteiger partial charge in [0.25, 0.3) is 5.69 Å². The van der Waals surface area contributed by atoms with E-state index in [0.29, 0.717) is 0 Å². The molecule has 0 atom stereocenters. The maximum atomic E-state index is 10.3. The lowest BCUT2D eigenvalue weighted by Gasteiger charge is -1.95. The predicted octanol–water partition coefficient (Wildman–Crippen LogP) is 0.887. The van der Waals surface area contributed by atoms with E-state index in [-0.39, 0.29) is 17.9 Å². The van der Waals surface area contributed by atoms with Crippen molar-refractivity contribution in [3.05, 3.63) is 39.9 Å². The van der Waals surface area contributed by atoms with Crippen LogP contribution in [0.15, 0.2) is 18.2 Å². The van der Waals surface area contributed by atoms with E-state index in [0.717, 1.165) is 0 Å². The summed E-state index contributed by atoms with van der Waals surface area (Å²) in [5.74, 6) is 0. The van der Waals surface area contributed by atoms with Crippen molar-refractivity contribution in [2.24, 2.45) is 0 Å². The van der Waals surface area contributed by atoms with Crippen LogP contribution in [0.3, 0.4) is 0 Å². The van der Waals surface area contributed by atoms with Gasteiger partial charge in [0.05, 0.1) is 17.1 Å². The lowest BCUT2D eigenvalue weighted by atomic mass is 10.2. The van der Waals surface area contributed by atoms with Crippen LogP contribution in [0.2, 0.25) is 0 Å². The third-order valence-corrected chi connectivity index (χ3v) is 1.29. The summed E-state index contributed by atoms with van der Waals surface area (Å²) < 4.78 is 0. The molecule has 0 heterocycles. The van der Waals surface area contributed by atoms with Crippen LogP contribution in [-0.4, -0.2) is 10.0 Å². The summed E-state index contributed by atoms with van der Waals surface area (Å²) in [7, 11) is 0. The summed E-state index contributed by atoms with van der Waals surface area (Å²) in [5, 5.41) is 18.9. The Bertz CT molecular complexity index is 272. The minimum Gasteiger partial charge on any atom is -0.391 e. The third-order valence-electron chi connectivity index (χ3n) is 1.29. The first-order valence-electron chi connectivity index (χ1n) is 3.00. The van der Waals surface area contributed by atoms with Gasteiger partial charge in [-0.3, -0.25) is 10.1 Å². The zero-order valence-electron chi connectivity index (χ0n) is 5.65. The minimum atomic E-state index is -0.528. The van der Waals surface area contributed by atoms with Crippen LogP contribution < -0.4 is 0 Å². The first kappa shape index (κ1) is 7.68. The Morgan fingerprint density at radius 1 is 1.73 bits per heavy atom. The molecule has 0 amide bonds. The van der Waals surface area contributed by atoms with E-state index < -0.39 is 4.92 Å². The Kier molecular flexibility index (Phi) is 2.18. The van der Waals surface area contributed by atoms with Crippen LogP contribution in [0.4, 0.5) is 5.69 Å². The maximum Gasteiger partial charge on any atom is 0.274 e. The van der Waals surface area contributed by atoms with E-state index >= 15 is 0 Å². The SMILES string of the molecule is O=[N+]([O-])c1cc[c]cc1CO. The van der Waals surface area contributed by atoms with Gasteiger partial charge in [-0.15, -0.1) is 0 Å². The minimum absolute atomic E-state index is 0.0637. The van der Waals surface area contributed by atoms with Crippen LogP contribution >= 0.6 is 0 Å². The molecular weight excluding hydrogens is 146 g/mol. The van der Waals surface area contributed by atoms with Crippen molar-refractivity contribution < 1.29 is 10.0 Å². The van der Waals surface area contributed by atoms with Gasteiger partial charge in [-0.1, -0.05) is 0 Å². The van der Waals surface area contributed by atoms with Gasteiger partial charge in [0.15, 0.2) is 0 Å². The predicted molar refractivity (Wildman–Crippen MR) is 37.9 cm³/mol. The first-order chi connectivity index (χ1) is 5.25. The van der Waals surface area contributed by atoms with Crippen molar-refractivity contribution in [3.8, 4) is 0 Å². The first-order valence-corrected chi connectivity index (χ1v) is 3.00. The molecule has 0 spiro atoms. The molecule has 57 valence electrons. The highest BCUT2D eigenvalue weighted by Gasteiger charge is 2.09. The van der Waals surface area contributed by atoms with Gasteiger partial charge >= 0.3 is 0 Å². The quantitative estimate of drug-likeness (QED) is 0.505. The average molecular weight is 152 g/mol. The molecule has 4 heteroatoms. The molecule has 1 aromatic rings. The maximum absolute atomic E-state index is 10.3. The summed E-state index contributed by atoms with van der Waals surface area (Å²) in [6, 6.07) is 6.80. The zero-order valence-corrected chi connectivity index (χ0v) is 5.65. The van der Waals surface area contributed by atoms with Gasteiger partial charge in [-0.2, -0.15) is 0 Å². The lowest BCUT2D eigenvalue weighted by molar-refractivity contribution is -0.385. The molecule has 0 aliphatic rings. The highest BCUT2D eigenvalue weighted by Crippen LogP contribution is 2.16. The zero-order chi connectivity index (χ0) is 8.27. The van der Waals surface area contributed by atoms with Gasteiger partial charge < -0.3 is 5.11 Å². The number of aliphatic hydroxyl groups is 1. The molecule has 0 aliphatic heterocycles. The summed E-state index contributed by atoms with van der Waals surface area (Å²) >= 11 is 0. The summed E-state index contributed by atoms with van der Waals surface area (Å²) in [6.45, 7) is -0.326. The Labute approximate surface area is 63.2 Å². The number of hydrogen-bond donors (Lipinski definition) is 1. The molecule has 0 fully saturated rings. The van der Waals surface area contributed by atoms with Crippen LogP contribution in [0.25, 0.3) is 0 Å². The summed E-state index contributed by atoms with van der Waals surface area (Å²) in [5.41, 5.74) is 0.226. The average Bonchev–Trinajstić information content (AvgIpc) is 2.04. The number of nitro benzene ring substituents is 1. The van der Waals surface area contributed by atoms with E-state index in [1.807, 2.05) is 0 Å². The molecular formula is C7H6NO3. The fraction of sp³-hybridized carbons (Fsp3) is 0.143. The smallest absolute Gasteiger partial charge is 0.274 e. The highest BCUT2D eigenvalue weighted by atomic mass is 16.6. The van der Waals surface area contributed by atoms with Crippen molar-refractivity contribution in [1.29, 1.82) is 0 Å². The fourth-order valence-electron chi connectivity index (χ4n) is 0.761. The molecule has 0 unspecified atom stereocenters. The van der Waals surface area contributed by atoms with Crippen molar-refractivity contribution in [3.63, 3.8) is 0 Å². The van der Waals surface area contributed by atoms with Crippen LogP contribution in [0.1, 0.15) is 5.56 Å². The number of nitrogens with zero attached hydrogens (tertiary/aromatic N) is 1. The molecule has 0 saturated heterocycles. The topological polar surface area (TPSA) is 63.4 Å². The Hall–Kier alpha value is -1.42. The van der Waals surface area contributed by atoms with E-state index in [9.17, 15) is 10.1 Å². The fourth-order valence-corrected chi connectivity index (χ4v) is 0.761. The number of aliphatic hydroxyl groups excluding tert-OH is 1. The molecule has 0 aromatic heterocycles. The summed E-state index contributed by atoms with van der Waals surface area (Å²) in [4.78, 5) is 9.73. The number of benzene rings is 1. The van der Waals surface area contributed by atoms with Gasteiger partial charge in [0.2, 0.25) is 0 Å². The van der Waals surface area contributed by atoms with Crippen LogP contribution in [0.5, 0.6) is 0 Å². The van der Waals surface area contributed by atoms with E-state index in [2.05, 4.69) is 6.07 Å². The molecule has 0 aliphatic carbocycles. The highest BCUT2D eigenvalue weighted by molar-refractivity contribution is 5.38. The molecule has 0 saturated carbocycles. The Balaban J connectivity index is 3.12. The molecule has 4 nitrogen and oxygen atoms in total. The van der Waals surface area contributed by atoms with Crippen LogP contribution in [-0.2, 0) is 6.61 Å².